The van der Waals surface area contributed by atoms with Gasteiger partial charge in [-0.05, 0) is 34.0 Å². The summed E-state index contributed by atoms with van der Waals surface area (Å²) < 4.78 is 0.159. The minimum Gasteiger partial charge on any atom is -0.356 e. The van der Waals surface area contributed by atoms with Crippen molar-refractivity contribution in [3.8, 4) is 0 Å². The van der Waals surface area contributed by atoms with Crippen LogP contribution in [0.5, 0.6) is 0 Å². The SMILES string of the molecule is CN=C(NCCC(=O)NC(C)C)NCC(C)(C)SC. The van der Waals surface area contributed by atoms with E-state index in [9.17, 15) is 4.79 Å². The predicted molar refractivity (Wildman–Crippen MR) is 84.9 cm³/mol. The van der Waals surface area contributed by atoms with E-state index in [1.54, 1.807) is 18.8 Å². The lowest BCUT2D eigenvalue weighted by Crippen LogP contribution is -2.44. The average Bonchev–Trinajstić information content (AvgIpc) is 2.32. The molecule has 5 nitrogen and oxygen atoms in total. The number of carbonyl (C=O) groups is 1. The van der Waals surface area contributed by atoms with Gasteiger partial charge < -0.3 is 16.0 Å². The normalized spacial score (nSPS) is 12.5. The van der Waals surface area contributed by atoms with Gasteiger partial charge in [-0.25, -0.2) is 0 Å². The Labute approximate surface area is 121 Å². The molecule has 0 aromatic carbocycles. The minimum absolute atomic E-state index is 0.0578. The Morgan fingerprint density at radius 1 is 1.32 bits per heavy atom. The van der Waals surface area contributed by atoms with Crippen LogP contribution in [0.3, 0.4) is 0 Å². The molecule has 3 N–H and O–H groups in total. The fourth-order valence-electron chi connectivity index (χ4n) is 1.28. The minimum atomic E-state index is 0.0578. The van der Waals surface area contributed by atoms with Crippen LogP contribution in [0.1, 0.15) is 34.1 Å². The van der Waals surface area contributed by atoms with Crippen LogP contribution in [0.4, 0.5) is 0 Å². The molecule has 0 aromatic heterocycles. The highest BCUT2D eigenvalue weighted by Crippen LogP contribution is 2.19. The van der Waals surface area contributed by atoms with E-state index in [0.717, 1.165) is 12.5 Å². The van der Waals surface area contributed by atoms with Crippen LogP contribution in [-0.2, 0) is 4.79 Å². The molecule has 112 valence electrons. The molecule has 0 heterocycles. The number of guanidine groups is 1. The molecular weight excluding hydrogens is 260 g/mol. The molecule has 0 aromatic rings. The van der Waals surface area contributed by atoms with Gasteiger partial charge in [0.25, 0.3) is 0 Å². The number of rotatable bonds is 7. The highest BCUT2D eigenvalue weighted by molar-refractivity contribution is 7.99. The number of amides is 1. The van der Waals surface area contributed by atoms with Gasteiger partial charge in [0.15, 0.2) is 5.96 Å². The zero-order chi connectivity index (χ0) is 14.9. The van der Waals surface area contributed by atoms with Gasteiger partial charge in [0.1, 0.15) is 0 Å². The summed E-state index contributed by atoms with van der Waals surface area (Å²) in [7, 11) is 1.73. The van der Waals surface area contributed by atoms with Gasteiger partial charge in [-0.1, -0.05) is 0 Å². The maximum absolute atomic E-state index is 11.5. The highest BCUT2D eigenvalue weighted by atomic mass is 32.2. The summed E-state index contributed by atoms with van der Waals surface area (Å²) >= 11 is 1.81. The van der Waals surface area contributed by atoms with Gasteiger partial charge in [0.05, 0.1) is 0 Å². The molecule has 0 atom stereocenters. The van der Waals surface area contributed by atoms with E-state index in [0.29, 0.717) is 13.0 Å². The number of nitrogens with one attached hydrogen (secondary N) is 3. The second kappa shape index (κ2) is 9.07. The van der Waals surface area contributed by atoms with Crippen molar-refractivity contribution in [2.45, 2.75) is 44.9 Å². The molecule has 0 fully saturated rings. The van der Waals surface area contributed by atoms with Crippen LogP contribution < -0.4 is 16.0 Å². The first-order chi connectivity index (χ1) is 8.80. The third-order valence-corrected chi connectivity index (χ3v) is 3.80. The number of carbonyl (C=O) groups excluding carboxylic acids is 1. The summed E-state index contributed by atoms with van der Waals surface area (Å²) in [6.45, 7) is 9.67. The molecule has 0 saturated heterocycles. The molecule has 0 saturated carbocycles. The first-order valence-corrected chi connectivity index (χ1v) is 7.82. The highest BCUT2D eigenvalue weighted by Gasteiger charge is 2.16. The van der Waals surface area contributed by atoms with Crippen molar-refractivity contribution in [3.05, 3.63) is 0 Å². The molecule has 6 heteroatoms. The third-order valence-electron chi connectivity index (χ3n) is 2.55. The van der Waals surface area contributed by atoms with Crippen molar-refractivity contribution in [1.82, 2.24) is 16.0 Å². The lowest BCUT2D eigenvalue weighted by atomic mass is 10.2. The van der Waals surface area contributed by atoms with Crippen molar-refractivity contribution in [1.29, 1.82) is 0 Å². The van der Waals surface area contributed by atoms with E-state index in [2.05, 4.69) is 41.0 Å². The smallest absolute Gasteiger partial charge is 0.221 e. The van der Waals surface area contributed by atoms with Crippen molar-refractivity contribution in [3.63, 3.8) is 0 Å². The number of aliphatic imine (C=N–C) groups is 1. The summed E-state index contributed by atoms with van der Waals surface area (Å²) in [5.74, 6) is 0.793. The quantitative estimate of drug-likeness (QED) is 0.487. The van der Waals surface area contributed by atoms with Crippen LogP contribution in [0.2, 0.25) is 0 Å². The van der Waals surface area contributed by atoms with Crippen molar-refractivity contribution >= 4 is 23.6 Å². The third kappa shape index (κ3) is 9.64. The Bertz CT molecular complexity index is 303. The summed E-state index contributed by atoms with van der Waals surface area (Å²) in [6, 6.07) is 0.187. The summed E-state index contributed by atoms with van der Waals surface area (Å²) in [5.41, 5.74) is 0. The van der Waals surface area contributed by atoms with E-state index in [-0.39, 0.29) is 16.7 Å². The summed E-state index contributed by atoms with van der Waals surface area (Å²) in [4.78, 5) is 15.6. The lowest BCUT2D eigenvalue weighted by molar-refractivity contribution is -0.121. The van der Waals surface area contributed by atoms with E-state index < -0.39 is 0 Å². The number of hydrogen-bond acceptors (Lipinski definition) is 3. The van der Waals surface area contributed by atoms with Crippen LogP contribution in [0.25, 0.3) is 0 Å². The Morgan fingerprint density at radius 2 is 1.95 bits per heavy atom. The van der Waals surface area contributed by atoms with Crippen molar-refractivity contribution < 1.29 is 4.79 Å². The fraction of sp³-hybridized carbons (Fsp3) is 0.846. The molecule has 0 bridgehead atoms. The van der Waals surface area contributed by atoms with E-state index >= 15 is 0 Å². The standard InChI is InChI=1S/C13H28N4OS/c1-10(2)17-11(18)7-8-15-12(14-5)16-9-13(3,4)19-6/h10H,7-9H2,1-6H3,(H,17,18)(H2,14,15,16). The van der Waals surface area contributed by atoms with Crippen molar-refractivity contribution in [2.75, 3.05) is 26.4 Å². The van der Waals surface area contributed by atoms with E-state index in [1.165, 1.54) is 0 Å². The molecule has 0 unspecified atom stereocenters. The topological polar surface area (TPSA) is 65.5 Å². The Morgan fingerprint density at radius 3 is 2.42 bits per heavy atom. The number of nitrogens with zero attached hydrogens (tertiary/aromatic N) is 1. The van der Waals surface area contributed by atoms with Gasteiger partial charge in [0, 0.05) is 37.3 Å². The van der Waals surface area contributed by atoms with Crippen molar-refractivity contribution in [2.24, 2.45) is 4.99 Å². The zero-order valence-corrected chi connectivity index (χ0v) is 13.8. The van der Waals surface area contributed by atoms with Gasteiger partial charge in [0.2, 0.25) is 5.91 Å². The van der Waals surface area contributed by atoms with Gasteiger partial charge >= 0.3 is 0 Å². The fourth-order valence-corrected chi connectivity index (χ4v) is 1.49. The largest absolute Gasteiger partial charge is 0.356 e. The molecule has 0 spiro atoms. The second-order valence-electron chi connectivity index (χ2n) is 5.29. The Balaban J connectivity index is 3.93. The summed E-state index contributed by atoms with van der Waals surface area (Å²) in [6.07, 6.45) is 2.54. The van der Waals surface area contributed by atoms with Crippen LogP contribution in [0, 0.1) is 0 Å². The van der Waals surface area contributed by atoms with Crippen LogP contribution in [0.15, 0.2) is 4.99 Å². The molecule has 0 aliphatic carbocycles. The molecule has 0 aliphatic heterocycles. The number of hydrogen-bond donors (Lipinski definition) is 3. The molecule has 0 aliphatic rings. The van der Waals surface area contributed by atoms with Gasteiger partial charge in [-0.2, -0.15) is 11.8 Å². The molecule has 19 heavy (non-hydrogen) atoms. The first kappa shape index (κ1) is 18.1. The lowest BCUT2D eigenvalue weighted by Gasteiger charge is -2.23. The van der Waals surface area contributed by atoms with Gasteiger partial charge in [-0.3, -0.25) is 9.79 Å². The Hall–Kier alpha value is -0.910. The Kier molecular flexibility index (Phi) is 8.63. The molecule has 0 radical (unpaired) electrons. The molecule has 0 rings (SSSR count). The predicted octanol–water partition coefficient (Wildman–Crippen LogP) is 1.21. The second-order valence-corrected chi connectivity index (χ2v) is 6.80. The molecule has 1 amide bonds. The van der Waals surface area contributed by atoms with Gasteiger partial charge in [-0.15, -0.1) is 0 Å². The zero-order valence-electron chi connectivity index (χ0n) is 13.0. The maximum Gasteiger partial charge on any atom is 0.221 e. The van der Waals surface area contributed by atoms with Crippen LogP contribution in [-0.4, -0.2) is 49.0 Å². The van der Waals surface area contributed by atoms with E-state index in [4.69, 9.17) is 0 Å². The monoisotopic (exact) mass is 288 g/mol. The first-order valence-electron chi connectivity index (χ1n) is 6.59. The summed E-state index contributed by atoms with van der Waals surface area (Å²) in [5, 5.41) is 9.26. The van der Waals surface area contributed by atoms with Crippen LogP contribution >= 0.6 is 11.8 Å². The maximum atomic E-state index is 11.5. The number of thioether (sulfide) groups is 1. The molecular formula is C13H28N4OS. The van der Waals surface area contributed by atoms with E-state index in [1.807, 2.05) is 13.8 Å². The average molecular weight is 288 g/mol.